The molecular formula is C28H37NO7. The number of ketones is 1. The van der Waals surface area contributed by atoms with Crippen LogP contribution in [0.3, 0.4) is 0 Å². The first-order valence-electron chi connectivity index (χ1n) is 12.7. The summed E-state index contributed by atoms with van der Waals surface area (Å²) in [6, 6.07) is 13.1. The fraction of sp³-hybridized carbons (Fsp3) is 0.536. The van der Waals surface area contributed by atoms with Gasteiger partial charge in [-0.05, 0) is 61.3 Å². The number of Topliss-reactive ketones (excluding diaryl/α,β-unsaturated/α-hetero) is 1. The number of likely N-dealkylation sites (tertiary alicyclic amines) is 1. The van der Waals surface area contributed by atoms with Gasteiger partial charge < -0.3 is 28.8 Å². The van der Waals surface area contributed by atoms with Crippen molar-refractivity contribution in [2.45, 2.75) is 37.8 Å². The van der Waals surface area contributed by atoms with Crippen LogP contribution in [0.25, 0.3) is 0 Å². The van der Waals surface area contributed by atoms with Crippen LogP contribution in [0.2, 0.25) is 0 Å². The van der Waals surface area contributed by atoms with Crippen molar-refractivity contribution in [1.82, 2.24) is 4.90 Å². The lowest BCUT2D eigenvalue weighted by Gasteiger charge is -2.31. The van der Waals surface area contributed by atoms with Crippen LogP contribution in [-0.4, -0.2) is 75.6 Å². The van der Waals surface area contributed by atoms with Gasteiger partial charge in [0.05, 0.1) is 26.4 Å². The van der Waals surface area contributed by atoms with Crippen molar-refractivity contribution in [3.8, 4) is 23.0 Å². The number of ether oxygens (including phenoxy) is 5. The number of hydrogen-bond acceptors (Lipinski definition) is 8. The topological polar surface area (TPSA) is 86.7 Å². The van der Waals surface area contributed by atoms with Gasteiger partial charge in [0.25, 0.3) is 0 Å². The zero-order valence-corrected chi connectivity index (χ0v) is 21.2. The molecule has 2 aromatic carbocycles. The molecular weight excluding hydrogens is 462 g/mol. The Hall–Kier alpha value is -2.81. The van der Waals surface area contributed by atoms with Crippen LogP contribution in [-0.2, 0) is 9.53 Å². The third kappa shape index (κ3) is 6.90. The van der Waals surface area contributed by atoms with Crippen LogP contribution in [0.15, 0.2) is 42.5 Å². The molecule has 0 radical (unpaired) electrons. The third-order valence-corrected chi connectivity index (χ3v) is 6.88. The summed E-state index contributed by atoms with van der Waals surface area (Å²) in [4.78, 5) is 15.3. The Balaban J connectivity index is 1.40. The Morgan fingerprint density at radius 3 is 2.58 bits per heavy atom. The molecule has 0 spiro atoms. The maximum Gasteiger partial charge on any atom is 0.161 e. The number of carbonyl (C=O) groups is 1. The average Bonchev–Trinajstić information content (AvgIpc) is 3.34. The maximum atomic E-state index is 13.0. The molecule has 196 valence electrons. The molecule has 0 aliphatic carbocycles. The Labute approximate surface area is 213 Å². The fourth-order valence-electron chi connectivity index (χ4n) is 4.96. The van der Waals surface area contributed by atoms with Gasteiger partial charge in [0.2, 0.25) is 0 Å². The number of methoxy groups -OCH3 is 2. The van der Waals surface area contributed by atoms with E-state index in [4.69, 9.17) is 23.7 Å². The van der Waals surface area contributed by atoms with Crippen LogP contribution in [0.5, 0.6) is 23.0 Å². The van der Waals surface area contributed by atoms with E-state index in [0.29, 0.717) is 49.7 Å². The number of aliphatic hydroxyl groups is 1. The molecule has 1 fully saturated rings. The first kappa shape index (κ1) is 26.3. The van der Waals surface area contributed by atoms with E-state index in [1.807, 2.05) is 42.5 Å². The van der Waals surface area contributed by atoms with E-state index in [1.165, 1.54) is 0 Å². The molecule has 0 aromatic heterocycles. The molecule has 3 atom stereocenters. The van der Waals surface area contributed by atoms with Crippen LogP contribution < -0.4 is 18.9 Å². The lowest BCUT2D eigenvalue weighted by molar-refractivity contribution is -0.121. The Kier molecular flexibility index (Phi) is 9.44. The lowest BCUT2D eigenvalue weighted by atomic mass is 9.89. The van der Waals surface area contributed by atoms with E-state index in [1.54, 1.807) is 14.2 Å². The summed E-state index contributed by atoms with van der Waals surface area (Å²) in [7, 11) is 3.33. The van der Waals surface area contributed by atoms with E-state index in [2.05, 4.69) is 4.90 Å². The van der Waals surface area contributed by atoms with Crippen LogP contribution in [0.4, 0.5) is 0 Å². The number of hydrogen-bond donors (Lipinski definition) is 1. The second-order valence-electron chi connectivity index (χ2n) is 9.37. The number of nitrogens with zero attached hydrogens (tertiary/aromatic N) is 1. The highest BCUT2D eigenvalue weighted by atomic mass is 16.6. The molecule has 0 bridgehead atoms. The van der Waals surface area contributed by atoms with Gasteiger partial charge in [0, 0.05) is 38.5 Å². The smallest absolute Gasteiger partial charge is 0.161 e. The zero-order valence-electron chi connectivity index (χ0n) is 21.2. The Morgan fingerprint density at radius 2 is 1.83 bits per heavy atom. The summed E-state index contributed by atoms with van der Waals surface area (Å²) in [5.41, 5.74) is 0.731. The maximum absolute atomic E-state index is 13.0. The fourth-order valence-corrected chi connectivity index (χ4v) is 4.96. The van der Waals surface area contributed by atoms with Crippen molar-refractivity contribution in [3.05, 3.63) is 48.0 Å². The first-order valence-corrected chi connectivity index (χ1v) is 12.7. The molecule has 1 saturated heterocycles. The average molecular weight is 500 g/mol. The summed E-state index contributed by atoms with van der Waals surface area (Å²) < 4.78 is 27.7. The van der Waals surface area contributed by atoms with Gasteiger partial charge >= 0.3 is 0 Å². The summed E-state index contributed by atoms with van der Waals surface area (Å²) in [5, 5.41) is 11.4. The minimum Gasteiger partial charge on any atom is -0.497 e. The quantitative estimate of drug-likeness (QED) is 0.447. The van der Waals surface area contributed by atoms with E-state index in [0.717, 1.165) is 30.7 Å². The molecule has 8 nitrogen and oxygen atoms in total. The van der Waals surface area contributed by atoms with E-state index in [9.17, 15) is 9.90 Å². The van der Waals surface area contributed by atoms with Crippen LogP contribution >= 0.6 is 0 Å². The molecule has 0 saturated carbocycles. The molecule has 8 heteroatoms. The molecule has 2 aliphatic rings. The van der Waals surface area contributed by atoms with E-state index < -0.39 is 6.10 Å². The van der Waals surface area contributed by atoms with E-state index in [-0.39, 0.29) is 31.1 Å². The Morgan fingerprint density at radius 1 is 1.08 bits per heavy atom. The second-order valence-corrected chi connectivity index (χ2v) is 9.37. The summed E-state index contributed by atoms with van der Waals surface area (Å²) in [6.07, 6.45) is 1.88. The van der Waals surface area contributed by atoms with Crippen LogP contribution in [0.1, 0.15) is 37.4 Å². The van der Waals surface area contributed by atoms with E-state index >= 15 is 0 Å². The van der Waals surface area contributed by atoms with Gasteiger partial charge in [0.1, 0.15) is 30.5 Å². The standard InChI is InChI=1S/C28H37NO7/c1-32-19-22-4-3-12-29(22)18-21(28(31)20-5-10-26-27(17-20)36-15-14-35-26)16-23(30)11-13-34-25-8-6-24(33-2)7-9-25/h5-10,17,21-22,28,31H,3-4,11-16,18-19H2,1-2H3/t21-,22+,28-/m1/s1. The van der Waals surface area contributed by atoms with Crippen molar-refractivity contribution in [2.75, 3.05) is 53.7 Å². The first-order chi connectivity index (χ1) is 17.6. The molecule has 2 aromatic rings. The van der Waals surface area contributed by atoms with Gasteiger partial charge in [-0.3, -0.25) is 9.69 Å². The van der Waals surface area contributed by atoms with Gasteiger partial charge in [0.15, 0.2) is 11.5 Å². The van der Waals surface area contributed by atoms with Gasteiger partial charge in [-0.15, -0.1) is 0 Å². The summed E-state index contributed by atoms with van der Waals surface area (Å²) >= 11 is 0. The molecule has 4 rings (SSSR count). The predicted octanol–water partition coefficient (Wildman–Crippen LogP) is 3.66. The minimum absolute atomic E-state index is 0.0626. The van der Waals surface area contributed by atoms with Gasteiger partial charge in [-0.25, -0.2) is 0 Å². The van der Waals surface area contributed by atoms with Crippen molar-refractivity contribution in [3.63, 3.8) is 0 Å². The van der Waals surface area contributed by atoms with Crippen molar-refractivity contribution in [1.29, 1.82) is 0 Å². The lowest BCUT2D eigenvalue weighted by Crippen LogP contribution is -2.39. The van der Waals surface area contributed by atoms with Gasteiger partial charge in [-0.2, -0.15) is 0 Å². The molecule has 1 N–H and O–H groups in total. The minimum atomic E-state index is -0.809. The zero-order chi connectivity index (χ0) is 25.3. The largest absolute Gasteiger partial charge is 0.497 e. The molecule has 0 amide bonds. The number of fused-ring (bicyclic) bond motifs is 1. The number of carbonyl (C=O) groups excluding carboxylic acids is 1. The predicted molar refractivity (Wildman–Crippen MR) is 135 cm³/mol. The number of rotatable bonds is 13. The molecule has 2 heterocycles. The third-order valence-electron chi connectivity index (χ3n) is 6.88. The van der Waals surface area contributed by atoms with Gasteiger partial charge in [-0.1, -0.05) is 6.07 Å². The Bertz CT molecular complexity index is 980. The molecule has 36 heavy (non-hydrogen) atoms. The van der Waals surface area contributed by atoms with Crippen molar-refractivity contribution in [2.24, 2.45) is 5.92 Å². The molecule has 0 unspecified atom stereocenters. The summed E-state index contributed by atoms with van der Waals surface area (Å²) in [6.45, 7) is 3.49. The molecule has 2 aliphatic heterocycles. The van der Waals surface area contributed by atoms with Crippen molar-refractivity contribution >= 4 is 5.78 Å². The van der Waals surface area contributed by atoms with Crippen molar-refractivity contribution < 1.29 is 33.6 Å². The highest BCUT2D eigenvalue weighted by Crippen LogP contribution is 2.36. The monoisotopic (exact) mass is 499 g/mol. The highest BCUT2D eigenvalue weighted by Gasteiger charge is 2.32. The van der Waals surface area contributed by atoms with Crippen LogP contribution in [0, 0.1) is 5.92 Å². The second kappa shape index (κ2) is 12.9. The highest BCUT2D eigenvalue weighted by molar-refractivity contribution is 5.78. The SMILES string of the molecule is COC[C@@H]1CCCN1C[C@@H](CC(=O)CCOc1ccc(OC)cc1)[C@H](O)c1ccc2c(c1)OCCO2. The normalized spacial score (nSPS) is 19.0. The number of benzene rings is 2. The summed E-state index contributed by atoms with van der Waals surface area (Å²) in [5.74, 6) is 2.56. The number of aliphatic hydroxyl groups excluding tert-OH is 1.